The average Bonchev–Trinajstić information content (AvgIpc) is 3.39. The molecule has 0 bridgehead atoms. The van der Waals surface area contributed by atoms with Crippen molar-refractivity contribution in [3.05, 3.63) is 76.5 Å². The van der Waals surface area contributed by atoms with Gasteiger partial charge < -0.3 is 19.5 Å². The van der Waals surface area contributed by atoms with Crippen LogP contribution in [-0.2, 0) is 4.79 Å². The van der Waals surface area contributed by atoms with E-state index in [-0.39, 0.29) is 11.8 Å². The van der Waals surface area contributed by atoms with Crippen LogP contribution >= 0.6 is 11.6 Å². The number of likely N-dealkylation sites (N-methyl/N-ethyl adjacent to an activating group) is 1. The molecule has 2 aromatic carbocycles. The van der Waals surface area contributed by atoms with Crippen molar-refractivity contribution in [1.82, 2.24) is 9.80 Å². The van der Waals surface area contributed by atoms with E-state index in [1.165, 1.54) is 0 Å². The van der Waals surface area contributed by atoms with Crippen molar-refractivity contribution in [2.75, 3.05) is 38.5 Å². The Kier molecular flexibility index (Phi) is 6.50. The molecule has 7 heteroatoms. The molecule has 0 radical (unpaired) electrons. The summed E-state index contributed by atoms with van der Waals surface area (Å²) in [6, 6.07) is 16.7. The molecule has 35 heavy (non-hydrogen) atoms. The second kappa shape index (κ2) is 9.72. The summed E-state index contributed by atoms with van der Waals surface area (Å²) in [4.78, 5) is 30.2. The molecule has 1 N–H and O–H groups in total. The van der Waals surface area contributed by atoms with Crippen LogP contribution in [0.5, 0.6) is 0 Å². The minimum Gasteiger partial charge on any atom is -0.456 e. The number of carbonyl (C=O) groups excluding carboxylic acids is 2. The molecule has 5 rings (SSSR count). The number of allylic oxidation sites excluding steroid dienone is 1. The monoisotopic (exact) mass is 489 g/mol. The highest BCUT2D eigenvalue weighted by Gasteiger charge is 2.29. The molecule has 0 aliphatic carbocycles. The van der Waals surface area contributed by atoms with Gasteiger partial charge in [-0.2, -0.15) is 0 Å². The molecule has 3 aromatic rings. The lowest BCUT2D eigenvalue weighted by atomic mass is 9.97. The van der Waals surface area contributed by atoms with Gasteiger partial charge in [-0.3, -0.25) is 9.59 Å². The predicted molar refractivity (Wildman–Crippen MR) is 139 cm³/mol. The summed E-state index contributed by atoms with van der Waals surface area (Å²) < 4.78 is 6.24. The first-order valence-electron chi connectivity index (χ1n) is 12.0. The molecule has 6 nitrogen and oxygen atoms in total. The van der Waals surface area contributed by atoms with E-state index in [9.17, 15) is 9.59 Å². The number of benzene rings is 2. The van der Waals surface area contributed by atoms with Gasteiger partial charge in [0, 0.05) is 52.6 Å². The van der Waals surface area contributed by atoms with Gasteiger partial charge in [0.2, 0.25) is 0 Å². The number of carbonyl (C=O) groups is 2. The van der Waals surface area contributed by atoms with Crippen molar-refractivity contribution in [1.29, 1.82) is 0 Å². The lowest BCUT2D eigenvalue weighted by Crippen LogP contribution is -2.34. The lowest BCUT2D eigenvalue weighted by molar-refractivity contribution is -0.110. The van der Waals surface area contributed by atoms with Crippen LogP contribution < -0.4 is 5.32 Å². The van der Waals surface area contributed by atoms with Crippen molar-refractivity contribution in [3.8, 4) is 11.3 Å². The number of anilines is 1. The fourth-order valence-corrected chi connectivity index (χ4v) is 4.98. The molecule has 2 aliphatic rings. The Labute approximate surface area is 210 Å². The maximum atomic E-state index is 13.2. The van der Waals surface area contributed by atoms with E-state index in [2.05, 4.69) is 17.3 Å². The molecule has 0 saturated carbocycles. The Morgan fingerprint density at radius 1 is 1.06 bits per heavy atom. The van der Waals surface area contributed by atoms with Crippen molar-refractivity contribution >= 4 is 40.2 Å². The fourth-order valence-electron chi connectivity index (χ4n) is 4.81. The Balaban J connectivity index is 1.45. The third-order valence-corrected chi connectivity index (χ3v) is 6.92. The molecule has 2 aliphatic heterocycles. The van der Waals surface area contributed by atoms with E-state index >= 15 is 0 Å². The number of furan rings is 1. The summed E-state index contributed by atoms with van der Waals surface area (Å²) in [5.41, 5.74) is 4.41. The van der Waals surface area contributed by atoms with Crippen molar-refractivity contribution in [2.45, 2.75) is 19.8 Å². The van der Waals surface area contributed by atoms with Gasteiger partial charge in [0.25, 0.3) is 11.8 Å². The first kappa shape index (κ1) is 23.4. The predicted octanol–water partition coefficient (Wildman–Crippen LogP) is 5.65. The molecule has 1 saturated heterocycles. The van der Waals surface area contributed by atoms with E-state index in [4.69, 9.17) is 16.0 Å². The Morgan fingerprint density at radius 3 is 2.74 bits per heavy atom. The van der Waals surface area contributed by atoms with Crippen LogP contribution in [0.3, 0.4) is 0 Å². The first-order valence-corrected chi connectivity index (χ1v) is 12.3. The van der Waals surface area contributed by atoms with Crippen LogP contribution in [0.4, 0.5) is 5.69 Å². The number of halogens is 1. The van der Waals surface area contributed by atoms with E-state index in [0.29, 0.717) is 34.1 Å². The summed E-state index contributed by atoms with van der Waals surface area (Å²) in [5, 5.41) is 3.49. The number of nitrogens with one attached hydrogen (secondary N) is 1. The molecule has 0 atom stereocenters. The second-order valence-electron chi connectivity index (χ2n) is 9.04. The first-order chi connectivity index (χ1) is 16.9. The van der Waals surface area contributed by atoms with Crippen LogP contribution in [0.25, 0.3) is 22.5 Å². The lowest BCUT2D eigenvalue weighted by Gasteiger charge is -2.20. The minimum atomic E-state index is -0.159. The van der Waals surface area contributed by atoms with E-state index in [1.54, 1.807) is 12.1 Å². The number of amides is 2. The highest BCUT2D eigenvalue weighted by atomic mass is 35.5. The van der Waals surface area contributed by atoms with Gasteiger partial charge in [-0.25, -0.2) is 0 Å². The smallest absolute Gasteiger partial charge is 0.256 e. The van der Waals surface area contributed by atoms with Crippen molar-refractivity contribution in [3.63, 3.8) is 0 Å². The zero-order valence-corrected chi connectivity index (χ0v) is 20.7. The molecule has 0 unspecified atom stereocenters. The van der Waals surface area contributed by atoms with Gasteiger partial charge in [0.1, 0.15) is 11.5 Å². The zero-order chi connectivity index (χ0) is 24.5. The van der Waals surface area contributed by atoms with Gasteiger partial charge in [-0.15, -0.1) is 0 Å². The Hall–Kier alpha value is -3.35. The topological polar surface area (TPSA) is 65.8 Å². The van der Waals surface area contributed by atoms with Gasteiger partial charge in [0.15, 0.2) is 0 Å². The van der Waals surface area contributed by atoms with Crippen LogP contribution in [0.15, 0.2) is 59.0 Å². The zero-order valence-electron chi connectivity index (χ0n) is 19.9. The molecule has 180 valence electrons. The van der Waals surface area contributed by atoms with Crippen molar-refractivity contribution < 1.29 is 14.0 Å². The third-order valence-electron chi connectivity index (χ3n) is 6.69. The standard InChI is InChI=1S/C28H28ClN3O3/c1-3-21(26-22-17-20(29)8-9-23(22)30-27(26)33)25-11-10-24(35-25)18-6-4-7-19(16-18)28(34)32-13-5-12-31(2)14-15-32/h4,6-11,16-17H,3,5,12-15H2,1-2H3,(H,30,33)/b26-21+. The molecule has 2 amide bonds. The summed E-state index contributed by atoms with van der Waals surface area (Å²) in [5.74, 6) is 1.17. The van der Waals surface area contributed by atoms with Crippen LogP contribution in [0, 0.1) is 0 Å². The number of nitrogens with zero attached hydrogens (tertiary/aromatic N) is 2. The molecule has 1 fully saturated rings. The average molecular weight is 490 g/mol. The molecule has 3 heterocycles. The largest absolute Gasteiger partial charge is 0.456 e. The number of fused-ring (bicyclic) bond motifs is 1. The minimum absolute atomic E-state index is 0.0430. The molecular weight excluding hydrogens is 462 g/mol. The van der Waals surface area contributed by atoms with Crippen LogP contribution in [-0.4, -0.2) is 54.8 Å². The molecular formula is C28H28ClN3O3. The van der Waals surface area contributed by atoms with E-state index in [1.807, 2.05) is 54.3 Å². The molecule has 1 aromatic heterocycles. The van der Waals surface area contributed by atoms with Gasteiger partial charge in [0.05, 0.1) is 5.57 Å². The number of rotatable bonds is 4. The number of hydrogen-bond acceptors (Lipinski definition) is 4. The number of hydrogen-bond donors (Lipinski definition) is 1. The SMILES string of the molecule is CC/C(=C1\C(=O)Nc2ccc(Cl)cc21)c1ccc(-c2cccc(C(=O)N3CCCN(C)CC3)c2)o1. The fraction of sp³-hybridized carbons (Fsp3) is 0.286. The van der Waals surface area contributed by atoms with Gasteiger partial charge >= 0.3 is 0 Å². The Morgan fingerprint density at radius 2 is 1.91 bits per heavy atom. The Bertz CT molecular complexity index is 1330. The summed E-state index contributed by atoms with van der Waals surface area (Å²) >= 11 is 6.21. The van der Waals surface area contributed by atoms with Crippen LogP contribution in [0.1, 0.15) is 41.4 Å². The molecule has 0 spiro atoms. The normalized spacial score (nSPS) is 17.7. The maximum Gasteiger partial charge on any atom is 0.256 e. The van der Waals surface area contributed by atoms with Gasteiger partial charge in [-0.05, 0) is 68.9 Å². The highest BCUT2D eigenvalue weighted by Crippen LogP contribution is 2.40. The van der Waals surface area contributed by atoms with E-state index in [0.717, 1.165) is 55.0 Å². The third kappa shape index (κ3) is 4.64. The summed E-state index contributed by atoms with van der Waals surface area (Å²) in [6.45, 7) is 5.37. The van der Waals surface area contributed by atoms with Gasteiger partial charge in [-0.1, -0.05) is 30.7 Å². The summed E-state index contributed by atoms with van der Waals surface area (Å²) in [6.07, 6.45) is 1.59. The quantitative estimate of drug-likeness (QED) is 0.481. The second-order valence-corrected chi connectivity index (χ2v) is 9.48. The van der Waals surface area contributed by atoms with Crippen LogP contribution in [0.2, 0.25) is 5.02 Å². The van der Waals surface area contributed by atoms with Crippen molar-refractivity contribution in [2.24, 2.45) is 0 Å². The summed E-state index contributed by atoms with van der Waals surface area (Å²) in [7, 11) is 2.09. The maximum absolute atomic E-state index is 13.2. The van der Waals surface area contributed by atoms with E-state index < -0.39 is 0 Å². The highest BCUT2D eigenvalue weighted by molar-refractivity contribution is 6.38.